The molecule has 0 radical (unpaired) electrons. The summed E-state index contributed by atoms with van der Waals surface area (Å²) in [5.41, 5.74) is 3.11. The highest BCUT2D eigenvalue weighted by Gasteiger charge is 2.34. The summed E-state index contributed by atoms with van der Waals surface area (Å²) < 4.78 is 1.17. The lowest BCUT2D eigenvalue weighted by Gasteiger charge is -2.38. The molecule has 2 saturated heterocycles. The monoisotopic (exact) mass is 503 g/mol. The zero-order valence-corrected chi connectivity index (χ0v) is 21.0. The van der Waals surface area contributed by atoms with E-state index in [0.29, 0.717) is 29.6 Å². The number of thiazole rings is 1. The largest absolute Gasteiger partial charge is 0.327 e. The summed E-state index contributed by atoms with van der Waals surface area (Å²) in [6.07, 6.45) is 8.87. The van der Waals surface area contributed by atoms with Crippen molar-refractivity contribution in [3.05, 3.63) is 47.4 Å². The molecule has 0 spiro atoms. The van der Waals surface area contributed by atoms with E-state index in [-0.39, 0.29) is 6.04 Å². The molecule has 186 valence electrons. The van der Waals surface area contributed by atoms with E-state index in [4.69, 9.17) is 4.98 Å². The molecule has 10 heteroatoms. The molecule has 6 rings (SSSR count). The molecule has 4 aromatic rings. The standard InChI is InChI=1S/C26H29N7O2S/c1-15-2-4-21(17-3-5-22-19(10-17)31-25(36-22)16-6-8-27-9-7-16)33(14-15)26(35)24(34)30-20-13-28-11-18-12-29-32-23(18)20/h3,5,10-13,15-16,21,27H,2,4,6-9,14H2,1H3,(H,29,32)(H,30,34)/t15-,21+/m0/s1. The smallest absolute Gasteiger partial charge is 0.314 e. The molecule has 0 bridgehead atoms. The maximum atomic E-state index is 13.4. The van der Waals surface area contributed by atoms with Gasteiger partial charge in [0, 0.05) is 24.0 Å². The minimum Gasteiger partial charge on any atom is -0.327 e. The molecule has 2 atom stereocenters. The normalized spacial score (nSPS) is 21.2. The molecule has 1 aromatic carbocycles. The number of piperidine rings is 2. The van der Waals surface area contributed by atoms with Crippen molar-refractivity contribution in [1.29, 1.82) is 0 Å². The van der Waals surface area contributed by atoms with Gasteiger partial charge in [0.25, 0.3) is 0 Å². The first-order valence-electron chi connectivity index (χ1n) is 12.6. The van der Waals surface area contributed by atoms with E-state index in [1.165, 1.54) is 15.9 Å². The molecule has 2 aliphatic heterocycles. The molecule has 3 N–H and O–H groups in total. The Labute approximate surface area is 212 Å². The Morgan fingerprint density at radius 3 is 2.83 bits per heavy atom. The van der Waals surface area contributed by atoms with Crippen LogP contribution in [0.3, 0.4) is 0 Å². The molecule has 2 fully saturated rings. The number of fused-ring (bicyclic) bond motifs is 2. The van der Waals surface area contributed by atoms with Crippen LogP contribution < -0.4 is 10.6 Å². The average Bonchev–Trinajstić information content (AvgIpc) is 3.56. The Balaban J connectivity index is 1.25. The van der Waals surface area contributed by atoms with Crippen LogP contribution in [-0.4, -0.2) is 56.5 Å². The van der Waals surface area contributed by atoms with Gasteiger partial charge in [0.2, 0.25) is 0 Å². The van der Waals surface area contributed by atoms with Crippen LogP contribution in [0.2, 0.25) is 0 Å². The topological polar surface area (TPSA) is 116 Å². The van der Waals surface area contributed by atoms with E-state index in [9.17, 15) is 9.59 Å². The van der Waals surface area contributed by atoms with Gasteiger partial charge in [-0.1, -0.05) is 13.0 Å². The van der Waals surface area contributed by atoms with E-state index in [1.807, 2.05) is 0 Å². The van der Waals surface area contributed by atoms with Gasteiger partial charge in [-0.15, -0.1) is 11.3 Å². The first-order chi connectivity index (χ1) is 17.6. The van der Waals surface area contributed by atoms with Crippen LogP contribution in [0.5, 0.6) is 0 Å². The van der Waals surface area contributed by atoms with Gasteiger partial charge in [-0.2, -0.15) is 5.10 Å². The summed E-state index contributed by atoms with van der Waals surface area (Å²) in [5.74, 6) is -0.360. The van der Waals surface area contributed by atoms with Crippen LogP contribution in [0.4, 0.5) is 5.69 Å². The third-order valence-corrected chi connectivity index (χ3v) is 8.58. The number of carbonyl (C=O) groups excluding carboxylic acids is 2. The number of rotatable bonds is 3. The SMILES string of the molecule is C[C@H]1CC[C@H](c2ccc3sc(C4CCNCC4)nc3c2)N(C(=O)C(=O)Nc2cncc3cn[nH]c23)C1. The predicted molar refractivity (Wildman–Crippen MR) is 140 cm³/mol. The number of carbonyl (C=O) groups is 2. The molecular formula is C26H29N7O2S. The fraction of sp³-hybridized carbons (Fsp3) is 0.423. The maximum Gasteiger partial charge on any atom is 0.314 e. The molecule has 9 nitrogen and oxygen atoms in total. The second kappa shape index (κ2) is 9.59. The molecular weight excluding hydrogens is 474 g/mol. The molecule has 5 heterocycles. The van der Waals surface area contributed by atoms with Gasteiger partial charge in [0.1, 0.15) is 0 Å². The second-order valence-electron chi connectivity index (χ2n) is 9.93. The van der Waals surface area contributed by atoms with Gasteiger partial charge in [-0.05, 0) is 62.4 Å². The van der Waals surface area contributed by atoms with Crippen LogP contribution in [0.1, 0.15) is 55.1 Å². The Kier molecular flexibility index (Phi) is 6.14. The maximum absolute atomic E-state index is 13.4. The fourth-order valence-corrected chi connectivity index (χ4v) is 6.52. The number of amides is 2. The van der Waals surface area contributed by atoms with Gasteiger partial charge in [0.05, 0.1) is 44.9 Å². The number of benzene rings is 1. The Bertz CT molecular complexity index is 1420. The van der Waals surface area contributed by atoms with E-state index >= 15 is 0 Å². The zero-order valence-electron chi connectivity index (χ0n) is 20.2. The molecule has 0 aliphatic carbocycles. The van der Waals surface area contributed by atoms with Crippen molar-refractivity contribution in [3.63, 3.8) is 0 Å². The number of hydrogen-bond acceptors (Lipinski definition) is 7. The number of pyridine rings is 1. The van der Waals surface area contributed by atoms with E-state index < -0.39 is 11.8 Å². The van der Waals surface area contributed by atoms with Gasteiger partial charge < -0.3 is 15.5 Å². The Morgan fingerprint density at radius 1 is 1.11 bits per heavy atom. The van der Waals surface area contributed by atoms with Crippen molar-refractivity contribution < 1.29 is 9.59 Å². The molecule has 2 aliphatic rings. The summed E-state index contributed by atoms with van der Waals surface area (Å²) in [6.45, 7) is 4.74. The van der Waals surface area contributed by atoms with E-state index in [2.05, 4.69) is 50.9 Å². The summed E-state index contributed by atoms with van der Waals surface area (Å²) in [4.78, 5) is 37.4. The third kappa shape index (κ3) is 4.35. The van der Waals surface area contributed by atoms with Crippen molar-refractivity contribution in [1.82, 2.24) is 30.4 Å². The lowest BCUT2D eigenvalue weighted by atomic mass is 9.89. The highest BCUT2D eigenvalue weighted by Crippen LogP contribution is 2.37. The summed E-state index contributed by atoms with van der Waals surface area (Å²) in [5, 5.41) is 15.0. The predicted octanol–water partition coefficient (Wildman–Crippen LogP) is 3.97. The lowest BCUT2D eigenvalue weighted by molar-refractivity contribution is -0.146. The number of hydrogen-bond donors (Lipinski definition) is 3. The lowest BCUT2D eigenvalue weighted by Crippen LogP contribution is -2.46. The zero-order chi connectivity index (χ0) is 24.6. The van der Waals surface area contributed by atoms with E-state index in [0.717, 1.165) is 55.2 Å². The van der Waals surface area contributed by atoms with Crippen LogP contribution in [0, 0.1) is 5.92 Å². The number of aromatic nitrogens is 4. The minimum absolute atomic E-state index is 0.158. The number of nitrogens with one attached hydrogen (secondary N) is 3. The summed E-state index contributed by atoms with van der Waals surface area (Å²) in [7, 11) is 0. The number of nitrogens with zero attached hydrogens (tertiary/aromatic N) is 4. The quantitative estimate of drug-likeness (QED) is 0.364. The Morgan fingerprint density at radius 2 is 1.97 bits per heavy atom. The fourth-order valence-electron chi connectivity index (χ4n) is 5.40. The molecule has 3 aromatic heterocycles. The van der Waals surface area contributed by atoms with Crippen LogP contribution in [0.25, 0.3) is 21.1 Å². The summed E-state index contributed by atoms with van der Waals surface area (Å²) >= 11 is 1.78. The number of likely N-dealkylation sites (tertiary alicyclic amines) is 1. The van der Waals surface area contributed by atoms with Crippen molar-refractivity contribution in [3.8, 4) is 0 Å². The molecule has 0 unspecified atom stereocenters. The van der Waals surface area contributed by atoms with Gasteiger partial charge in [-0.3, -0.25) is 19.7 Å². The van der Waals surface area contributed by atoms with Crippen molar-refractivity contribution >= 4 is 50.0 Å². The van der Waals surface area contributed by atoms with Crippen LogP contribution in [0.15, 0.2) is 36.8 Å². The number of anilines is 1. The van der Waals surface area contributed by atoms with Gasteiger partial charge >= 0.3 is 11.8 Å². The van der Waals surface area contributed by atoms with Crippen LogP contribution in [-0.2, 0) is 9.59 Å². The van der Waals surface area contributed by atoms with Crippen molar-refractivity contribution in [2.24, 2.45) is 5.92 Å². The molecule has 2 amide bonds. The highest BCUT2D eigenvalue weighted by molar-refractivity contribution is 7.18. The average molecular weight is 504 g/mol. The minimum atomic E-state index is -0.666. The highest BCUT2D eigenvalue weighted by atomic mass is 32.1. The van der Waals surface area contributed by atoms with Crippen molar-refractivity contribution in [2.45, 2.75) is 44.6 Å². The number of aromatic amines is 1. The summed E-state index contributed by atoms with van der Waals surface area (Å²) in [6, 6.07) is 6.18. The van der Waals surface area contributed by atoms with Gasteiger partial charge in [-0.25, -0.2) is 4.98 Å². The van der Waals surface area contributed by atoms with Crippen molar-refractivity contribution in [2.75, 3.05) is 25.0 Å². The Hall–Kier alpha value is -3.37. The van der Waals surface area contributed by atoms with Gasteiger partial charge in [0.15, 0.2) is 0 Å². The first-order valence-corrected chi connectivity index (χ1v) is 13.4. The second-order valence-corrected chi connectivity index (χ2v) is 11.0. The van der Waals surface area contributed by atoms with Crippen LogP contribution >= 0.6 is 11.3 Å². The number of H-pyrrole nitrogens is 1. The first kappa shape index (κ1) is 23.1. The van der Waals surface area contributed by atoms with E-state index in [1.54, 1.807) is 28.6 Å². The molecule has 0 saturated carbocycles. The third-order valence-electron chi connectivity index (χ3n) is 7.38. The molecule has 36 heavy (non-hydrogen) atoms.